The highest BCUT2D eigenvalue weighted by Crippen LogP contribution is 2.30. The van der Waals surface area contributed by atoms with Crippen molar-refractivity contribution >= 4 is 28.7 Å². The molecule has 3 aromatic heterocycles. The number of carbonyl (C=O) groups is 1. The van der Waals surface area contributed by atoms with Crippen molar-refractivity contribution in [3.63, 3.8) is 0 Å². The Morgan fingerprint density at radius 1 is 1.36 bits per heavy atom. The second kappa shape index (κ2) is 9.80. The van der Waals surface area contributed by atoms with Gasteiger partial charge in [-0.15, -0.1) is 0 Å². The summed E-state index contributed by atoms with van der Waals surface area (Å²) in [5, 5.41) is 2.36. The van der Waals surface area contributed by atoms with Crippen molar-refractivity contribution in [2.45, 2.75) is 44.6 Å². The molecule has 1 aliphatic heterocycles. The van der Waals surface area contributed by atoms with E-state index < -0.39 is 29.0 Å². The number of aromatic nitrogens is 4. The zero-order chi connectivity index (χ0) is 26.2. The zero-order valence-electron chi connectivity index (χ0n) is 20.4. The van der Waals surface area contributed by atoms with E-state index in [2.05, 4.69) is 20.2 Å². The number of pyridine rings is 1. The van der Waals surface area contributed by atoms with Crippen molar-refractivity contribution in [1.82, 2.24) is 24.4 Å². The van der Waals surface area contributed by atoms with E-state index in [1.54, 1.807) is 20.4 Å². The number of urea groups is 1. The van der Waals surface area contributed by atoms with Gasteiger partial charge in [0.25, 0.3) is 5.56 Å². The van der Waals surface area contributed by atoms with Crippen LogP contribution >= 0.6 is 0 Å². The van der Waals surface area contributed by atoms with Gasteiger partial charge >= 0.3 is 12.2 Å². The van der Waals surface area contributed by atoms with Crippen molar-refractivity contribution < 1.29 is 22.7 Å². The van der Waals surface area contributed by atoms with Gasteiger partial charge in [0.2, 0.25) is 0 Å². The number of anilines is 2. The van der Waals surface area contributed by atoms with Crippen LogP contribution in [0.3, 0.4) is 0 Å². The van der Waals surface area contributed by atoms with Gasteiger partial charge in [-0.25, -0.2) is 14.8 Å². The number of piperidine rings is 1. The molecule has 1 saturated heterocycles. The summed E-state index contributed by atoms with van der Waals surface area (Å²) in [5.41, 5.74) is 0.121. The van der Waals surface area contributed by atoms with E-state index in [1.165, 1.54) is 11.9 Å². The van der Waals surface area contributed by atoms with E-state index >= 15 is 0 Å². The number of carbonyl (C=O) groups excluding carboxylic acids is 1. The molecule has 1 fully saturated rings. The lowest BCUT2D eigenvalue weighted by molar-refractivity contribution is -0.138. The number of H-pyrrole nitrogens is 1. The van der Waals surface area contributed by atoms with Crippen LogP contribution in [0.2, 0.25) is 0 Å². The number of hydrogen-bond donors (Lipinski definition) is 2. The first kappa shape index (κ1) is 25.5. The molecule has 0 radical (unpaired) electrons. The molecule has 0 aromatic carbocycles. The molecule has 3 aromatic rings. The first-order valence-electron chi connectivity index (χ1n) is 11.4. The third-order valence-electron chi connectivity index (χ3n) is 6.44. The molecule has 4 rings (SSSR count). The van der Waals surface area contributed by atoms with E-state index in [0.29, 0.717) is 43.9 Å². The Labute approximate surface area is 205 Å². The largest absolute Gasteiger partial charge is 0.417 e. The van der Waals surface area contributed by atoms with E-state index in [4.69, 9.17) is 9.72 Å². The molecule has 1 aliphatic rings. The van der Waals surface area contributed by atoms with Gasteiger partial charge < -0.3 is 29.4 Å². The van der Waals surface area contributed by atoms with E-state index in [9.17, 15) is 22.8 Å². The molecule has 0 unspecified atom stereocenters. The minimum absolute atomic E-state index is 0.0181. The number of nitrogens with one attached hydrogen (secondary N) is 2. The molecular weight excluding hydrogens is 479 g/mol. The van der Waals surface area contributed by atoms with Crippen LogP contribution < -0.4 is 15.8 Å². The summed E-state index contributed by atoms with van der Waals surface area (Å²) >= 11 is 0. The maximum atomic E-state index is 13.1. The van der Waals surface area contributed by atoms with Crippen molar-refractivity contribution in [2.75, 3.05) is 30.9 Å². The summed E-state index contributed by atoms with van der Waals surface area (Å²) in [6.45, 7) is 3.04. The van der Waals surface area contributed by atoms with E-state index in [0.717, 1.165) is 21.6 Å². The maximum absolute atomic E-state index is 13.1. The molecule has 10 nitrogen and oxygen atoms in total. The Morgan fingerprint density at radius 2 is 2.11 bits per heavy atom. The number of aryl methyl sites for hydroxylation is 1. The standard InChI is InChI=1S/C23H28F3N7O3/c1-13-7-16(5-6-33(13)19-10-27-20-17(29-19)9-15(28-20)12-36-4)32(3)22(35)30-18-8-14(23(24,25)26)11-31(2)21(18)34/h8-11,13,16H,5-7,12H2,1-4H3,(H,27,28)(H,30,35)/t13-,16-/m1/s1. The minimum Gasteiger partial charge on any atom is -0.378 e. The zero-order valence-corrected chi connectivity index (χ0v) is 20.4. The minimum atomic E-state index is -4.64. The average molecular weight is 508 g/mol. The molecular formula is C23H28F3N7O3. The number of amides is 2. The van der Waals surface area contributed by atoms with Crippen molar-refractivity contribution in [3.8, 4) is 0 Å². The van der Waals surface area contributed by atoms with Crippen LogP contribution in [0.15, 0.2) is 29.3 Å². The summed E-state index contributed by atoms with van der Waals surface area (Å²) in [4.78, 5) is 41.0. The number of rotatable bonds is 5. The molecule has 2 N–H and O–H groups in total. The third kappa shape index (κ3) is 5.15. The van der Waals surface area contributed by atoms with Gasteiger partial charge in [0.1, 0.15) is 17.0 Å². The Kier molecular flexibility index (Phi) is 6.94. The summed E-state index contributed by atoms with van der Waals surface area (Å²) in [6, 6.07) is 1.75. The smallest absolute Gasteiger partial charge is 0.378 e. The number of methoxy groups -OCH3 is 1. The molecule has 13 heteroatoms. The summed E-state index contributed by atoms with van der Waals surface area (Å²) in [7, 11) is 4.39. The Hall–Kier alpha value is -3.61. The van der Waals surface area contributed by atoms with Gasteiger partial charge in [-0.2, -0.15) is 13.2 Å². The predicted octanol–water partition coefficient (Wildman–Crippen LogP) is 3.34. The van der Waals surface area contributed by atoms with Crippen LogP contribution in [0.1, 0.15) is 31.0 Å². The van der Waals surface area contributed by atoms with Crippen LogP contribution in [0.4, 0.5) is 29.5 Å². The molecule has 0 aliphatic carbocycles. The highest BCUT2D eigenvalue weighted by molar-refractivity contribution is 5.89. The molecule has 36 heavy (non-hydrogen) atoms. The second-order valence-corrected chi connectivity index (χ2v) is 9.01. The fourth-order valence-corrected chi connectivity index (χ4v) is 4.48. The van der Waals surface area contributed by atoms with E-state index in [-0.39, 0.29) is 12.1 Å². The number of aromatic amines is 1. The Morgan fingerprint density at radius 3 is 2.78 bits per heavy atom. The number of hydrogen-bond acceptors (Lipinski definition) is 6. The summed E-state index contributed by atoms with van der Waals surface area (Å²) in [6.07, 6.45) is -1.03. The first-order valence-corrected chi connectivity index (χ1v) is 11.4. The molecule has 2 amide bonds. The van der Waals surface area contributed by atoms with Crippen LogP contribution in [0.5, 0.6) is 0 Å². The van der Waals surface area contributed by atoms with E-state index in [1.807, 2.05) is 13.0 Å². The Bertz CT molecular complexity index is 1320. The molecule has 0 spiro atoms. The number of halogens is 3. The molecule has 194 valence electrons. The predicted molar refractivity (Wildman–Crippen MR) is 128 cm³/mol. The average Bonchev–Trinajstić information content (AvgIpc) is 3.22. The number of fused-ring (bicyclic) bond motifs is 1. The lowest BCUT2D eigenvalue weighted by Gasteiger charge is -2.41. The van der Waals surface area contributed by atoms with Crippen molar-refractivity contribution in [1.29, 1.82) is 0 Å². The Balaban J connectivity index is 1.44. The first-order chi connectivity index (χ1) is 17.0. The van der Waals surface area contributed by atoms with Gasteiger partial charge in [-0.1, -0.05) is 0 Å². The van der Waals surface area contributed by atoms with Gasteiger partial charge in [0.15, 0.2) is 5.65 Å². The summed E-state index contributed by atoms with van der Waals surface area (Å²) < 4.78 is 45.4. The lowest BCUT2D eigenvalue weighted by Crippen LogP contribution is -2.51. The number of alkyl halides is 3. The molecule has 2 atom stereocenters. The fraction of sp³-hybridized carbons (Fsp3) is 0.478. The molecule has 0 bridgehead atoms. The topological polar surface area (TPSA) is 108 Å². The normalized spacial score (nSPS) is 18.5. The molecule has 0 saturated carbocycles. The van der Waals surface area contributed by atoms with Crippen molar-refractivity contribution in [3.05, 3.63) is 46.1 Å². The van der Waals surface area contributed by atoms with Crippen LogP contribution in [0.25, 0.3) is 11.2 Å². The van der Waals surface area contributed by atoms with Crippen LogP contribution in [-0.4, -0.2) is 63.2 Å². The van der Waals surface area contributed by atoms with Gasteiger partial charge in [0, 0.05) is 51.7 Å². The number of ether oxygens (including phenoxy) is 1. The highest BCUT2D eigenvalue weighted by Gasteiger charge is 2.34. The quantitative estimate of drug-likeness (QED) is 0.549. The van der Waals surface area contributed by atoms with Gasteiger partial charge in [-0.05, 0) is 31.9 Å². The monoisotopic (exact) mass is 507 g/mol. The fourth-order valence-electron chi connectivity index (χ4n) is 4.48. The van der Waals surface area contributed by atoms with Gasteiger partial charge in [-0.3, -0.25) is 4.79 Å². The van der Waals surface area contributed by atoms with Crippen LogP contribution in [-0.2, 0) is 24.6 Å². The highest BCUT2D eigenvalue weighted by atomic mass is 19.4. The number of nitrogens with zero attached hydrogens (tertiary/aromatic N) is 5. The maximum Gasteiger partial charge on any atom is 0.417 e. The molecule has 4 heterocycles. The third-order valence-corrected chi connectivity index (χ3v) is 6.44. The SMILES string of the molecule is COCc1cc2nc(N3CC[C@@H](N(C)C(=O)Nc4cc(C(F)(F)F)cn(C)c4=O)C[C@H]3C)cnc2[nH]1. The summed E-state index contributed by atoms with van der Waals surface area (Å²) in [5.74, 6) is 0.719. The van der Waals surface area contributed by atoms with Gasteiger partial charge in [0.05, 0.1) is 18.4 Å². The lowest BCUT2D eigenvalue weighted by atomic mass is 9.97. The second-order valence-electron chi connectivity index (χ2n) is 9.01. The van der Waals surface area contributed by atoms with Crippen LogP contribution in [0, 0.1) is 0 Å². The van der Waals surface area contributed by atoms with Crippen molar-refractivity contribution in [2.24, 2.45) is 7.05 Å².